The van der Waals surface area contributed by atoms with Gasteiger partial charge in [-0.1, -0.05) is 31.1 Å². The summed E-state index contributed by atoms with van der Waals surface area (Å²) >= 11 is 0. The van der Waals surface area contributed by atoms with Crippen LogP contribution >= 0.6 is 0 Å². The van der Waals surface area contributed by atoms with Crippen LogP contribution in [0.15, 0.2) is 23.3 Å². The van der Waals surface area contributed by atoms with Crippen LogP contribution in [0.2, 0.25) is 0 Å². The lowest BCUT2D eigenvalue weighted by molar-refractivity contribution is -0.127. The predicted molar refractivity (Wildman–Crippen MR) is 81.6 cm³/mol. The average molecular weight is 284 g/mol. The van der Waals surface area contributed by atoms with Crippen molar-refractivity contribution < 1.29 is 9.59 Å². The van der Waals surface area contributed by atoms with E-state index in [2.05, 4.69) is 19.9 Å². The standard InChI is InChI=1S/C19H24O2/c1-11-9-16-14(13-4-3-12(20)10-15(11)13)7-8-19(2)17(16)5-6-18(19)21/h7,10-11,13,16-17H,3-6,8-9H2,1-2H3/t11-,13+,16+,17-,19-/m0/s1. The zero-order valence-corrected chi connectivity index (χ0v) is 13.0. The Hall–Kier alpha value is -1.18. The van der Waals surface area contributed by atoms with E-state index in [4.69, 9.17) is 0 Å². The molecule has 0 heterocycles. The molecule has 2 saturated carbocycles. The van der Waals surface area contributed by atoms with Crippen molar-refractivity contribution in [1.82, 2.24) is 0 Å². The Morgan fingerprint density at radius 1 is 1.14 bits per heavy atom. The Morgan fingerprint density at radius 3 is 2.76 bits per heavy atom. The normalized spacial score (nSPS) is 45.4. The zero-order valence-electron chi connectivity index (χ0n) is 13.0. The van der Waals surface area contributed by atoms with Crippen molar-refractivity contribution in [2.75, 3.05) is 0 Å². The molecule has 2 nitrogen and oxygen atoms in total. The maximum Gasteiger partial charge on any atom is 0.155 e. The lowest BCUT2D eigenvalue weighted by Crippen LogP contribution is -2.42. The molecule has 2 fully saturated rings. The molecule has 0 aromatic carbocycles. The van der Waals surface area contributed by atoms with Crippen LogP contribution in [0.5, 0.6) is 0 Å². The van der Waals surface area contributed by atoms with E-state index in [0.717, 1.165) is 32.1 Å². The quantitative estimate of drug-likeness (QED) is 0.633. The number of hydrogen-bond acceptors (Lipinski definition) is 2. The maximum atomic E-state index is 12.3. The van der Waals surface area contributed by atoms with Crippen LogP contribution < -0.4 is 0 Å². The third-order valence-corrected chi connectivity index (χ3v) is 6.80. The van der Waals surface area contributed by atoms with Crippen LogP contribution in [0.4, 0.5) is 0 Å². The van der Waals surface area contributed by atoms with Gasteiger partial charge in [0, 0.05) is 24.2 Å². The van der Waals surface area contributed by atoms with Gasteiger partial charge in [0.1, 0.15) is 5.78 Å². The minimum atomic E-state index is -0.0976. The van der Waals surface area contributed by atoms with Gasteiger partial charge in [-0.25, -0.2) is 0 Å². The second kappa shape index (κ2) is 4.41. The van der Waals surface area contributed by atoms with Gasteiger partial charge in [0.25, 0.3) is 0 Å². The van der Waals surface area contributed by atoms with Crippen LogP contribution in [-0.4, -0.2) is 11.6 Å². The molecule has 0 N–H and O–H groups in total. The highest BCUT2D eigenvalue weighted by molar-refractivity contribution is 5.92. The molecule has 4 aliphatic carbocycles. The largest absolute Gasteiger partial charge is 0.299 e. The van der Waals surface area contributed by atoms with E-state index < -0.39 is 0 Å². The van der Waals surface area contributed by atoms with Gasteiger partial charge in [0.15, 0.2) is 5.78 Å². The number of allylic oxidation sites excluding steroid dienone is 4. The Morgan fingerprint density at radius 2 is 1.95 bits per heavy atom. The van der Waals surface area contributed by atoms with Crippen LogP contribution in [0, 0.1) is 29.1 Å². The van der Waals surface area contributed by atoms with E-state index in [1.54, 1.807) is 5.57 Å². The first-order valence-electron chi connectivity index (χ1n) is 8.48. The molecule has 2 heteroatoms. The molecule has 4 rings (SSSR count). The summed E-state index contributed by atoms with van der Waals surface area (Å²) in [5.41, 5.74) is 2.85. The van der Waals surface area contributed by atoms with Crippen molar-refractivity contribution in [3.63, 3.8) is 0 Å². The van der Waals surface area contributed by atoms with Crippen molar-refractivity contribution >= 4 is 11.6 Å². The molecule has 0 unspecified atom stereocenters. The van der Waals surface area contributed by atoms with E-state index in [1.807, 2.05) is 6.08 Å². The number of ketones is 2. The van der Waals surface area contributed by atoms with Crippen molar-refractivity contribution in [2.24, 2.45) is 29.1 Å². The van der Waals surface area contributed by atoms with Gasteiger partial charge >= 0.3 is 0 Å². The number of Topliss-reactive ketones (excluding diaryl/α,β-unsaturated/α-hetero) is 1. The van der Waals surface area contributed by atoms with Crippen LogP contribution in [-0.2, 0) is 9.59 Å². The molecule has 0 radical (unpaired) electrons. The molecule has 0 spiro atoms. The number of carbonyl (C=O) groups is 2. The van der Waals surface area contributed by atoms with E-state index in [0.29, 0.717) is 41.7 Å². The Bertz CT molecular complexity index is 582. The number of rotatable bonds is 0. The minimum Gasteiger partial charge on any atom is -0.299 e. The van der Waals surface area contributed by atoms with E-state index >= 15 is 0 Å². The molecule has 21 heavy (non-hydrogen) atoms. The smallest absolute Gasteiger partial charge is 0.155 e. The SMILES string of the molecule is C[C@H]1C[C@@H]2C(=CC[C@]3(C)C(=O)CC[C@@H]23)[C@H]2CCC(=O)C=C21. The number of hydrogen-bond donors (Lipinski definition) is 0. The van der Waals surface area contributed by atoms with Crippen LogP contribution in [0.1, 0.15) is 52.4 Å². The molecule has 5 atom stereocenters. The fraction of sp³-hybridized carbons (Fsp3) is 0.684. The molecule has 0 saturated heterocycles. The number of carbonyl (C=O) groups excluding carboxylic acids is 2. The summed E-state index contributed by atoms with van der Waals surface area (Å²) in [7, 11) is 0. The molecule has 0 amide bonds. The monoisotopic (exact) mass is 284 g/mol. The average Bonchev–Trinajstić information content (AvgIpc) is 2.76. The van der Waals surface area contributed by atoms with Gasteiger partial charge in [0.2, 0.25) is 0 Å². The summed E-state index contributed by atoms with van der Waals surface area (Å²) in [6.07, 6.45) is 9.92. The Kier molecular flexibility index (Phi) is 2.83. The molecule has 112 valence electrons. The highest BCUT2D eigenvalue weighted by Crippen LogP contribution is 2.59. The fourth-order valence-corrected chi connectivity index (χ4v) is 5.60. The van der Waals surface area contributed by atoms with Crippen LogP contribution in [0.25, 0.3) is 0 Å². The summed E-state index contributed by atoms with van der Waals surface area (Å²) in [6, 6.07) is 0. The summed E-state index contributed by atoms with van der Waals surface area (Å²) in [6.45, 7) is 4.47. The van der Waals surface area contributed by atoms with Crippen LogP contribution in [0.3, 0.4) is 0 Å². The first-order valence-corrected chi connectivity index (χ1v) is 8.48. The topological polar surface area (TPSA) is 34.1 Å². The highest BCUT2D eigenvalue weighted by atomic mass is 16.1. The lowest BCUT2D eigenvalue weighted by Gasteiger charge is -2.49. The van der Waals surface area contributed by atoms with Crippen molar-refractivity contribution in [2.45, 2.75) is 52.4 Å². The second-order valence-corrected chi connectivity index (χ2v) is 7.84. The van der Waals surface area contributed by atoms with Gasteiger partial charge in [-0.05, 0) is 49.5 Å². The summed E-state index contributed by atoms with van der Waals surface area (Å²) < 4.78 is 0. The molecular formula is C19H24O2. The van der Waals surface area contributed by atoms with Crippen molar-refractivity contribution in [1.29, 1.82) is 0 Å². The molecular weight excluding hydrogens is 260 g/mol. The van der Waals surface area contributed by atoms with Gasteiger partial charge in [-0.2, -0.15) is 0 Å². The van der Waals surface area contributed by atoms with Crippen molar-refractivity contribution in [3.05, 3.63) is 23.3 Å². The zero-order chi connectivity index (χ0) is 14.8. The molecule has 0 aliphatic heterocycles. The first-order chi connectivity index (χ1) is 10.0. The lowest BCUT2D eigenvalue weighted by atomic mass is 9.55. The van der Waals surface area contributed by atoms with Gasteiger partial charge in [-0.15, -0.1) is 0 Å². The van der Waals surface area contributed by atoms with Gasteiger partial charge in [-0.3, -0.25) is 9.59 Å². The van der Waals surface area contributed by atoms with Gasteiger partial charge in [0.05, 0.1) is 0 Å². The predicted octanol–water partition coefficient (Wildman–Crippen LogP) is 3.86. The fourth-order valence-electron chi connectivity index (χ4n) is 5.60. The minimum absolute atomic E-state index is 0.0976. The first kappa shape index (κ1) is 13.5. The molecule has 0 aromatic heterocycles. The molecule has 0 bridgehead atoms. The Balaban J connectivity index is 1.76. The number of fused-ring (bicyclic) bond motifs is 5. The third kappa shape index (κ3) is 1.77. The third-order valence-electron chi connectivity index (χ3n) is 6.80. The molecule has 4 aliphatic rings. The van der Waals surface area contributed by atoms with Crippen molar-refractivity contribution in [3.8, 4) is 0 Å². The summed E-state index contributed by atoms with van der Waals surface area (Å²) in [5.74, 6) is 2.92. The molecule has 0 aromatic rings. The van der Waals surface area contributed by atoms with E-state index in [1.165, 1.54) is 5.57 Å². The second-order valence-electron chi connectivity index (χ2n) is 7.84. The van der Waals surface area contributed by atoms with E-state index in [9.17, 15) is 9.59 Å². The van der Waals surface area contributed by atoms with Gasteiger partial charge < -0.3 is 0 Å². The Labute approximate surface area is 126 Å². The van der Waals surface area contributed by atoms with E-state index in [-0.39, 0.29) is 5.41 Å². The maximum absolute atomic E-state index is 12.3. The summed E-state index contributed by atoms with van der Waals surface area (Å²) in [4.78, 5) is 24.1. The summed E-state index contributed by atoms with van der Waals surface area (Å²) in [5, 5.41) is 0. The highest BCUT2D eigenvalue weighted by Gasteiger charge is 2.54.